The quantitative estimate of drug-likeness (QED) is 0.444. The van der Waals surface area contributed by atoms with Crippen LogP contribution in [0.4, 0.5) is 0 Å². The normalized spacial score (nSPS) is 22.7. The van der Waals surface area contributed by atoms with E-state index in [1.165, 1.54) is 0 Å². The number of ether oxygens (including phenoxy) is 2. The fourth-order valence-corrected chi connectivity index (χ4v) is 3.05. The summed E-state index contributed by atoms with van der Waals surface area (Å²) in [7, 11) is 1.76. The highest BCUT2D eigenvalue weighted by Gasteiger charge is 2.29. The van der Waals surface area contributed by atoms with Crippen LogP contribution in [0.15, 0.2) is 0 Å². The van der Waals surface area contributed by atoms with Crippen molar-refractivity contribution in [1.29, 1.82) is 0 Å². The molecule has 1 fully saturated rings. The van der Waals surface area contributed by atoms with E-state index in [9.17, 15) is 0 Å². The zero-order valence-electron chi connectivity index (χ0n) is 9.19. The molecule has 0 saturated carbocycles. The van der Waals surface area contributed by atoms with E-state index in [1.807, 2.05) is 0 Å². The van der Waals surface area contributed by atoms with Gasteiger partial charge in [0, 0.05) is 14.2 Å². The minimum atomic E-state index is -1.63. The molecule has 4 nitrogen and oxygen atoms in total. The Morgan fingerprint density at radius 2 is 2.07 bits per heavy atom. The van der Waals surface area contributed by atoms with Gasteiger partial charge in [-0.15, -0.1) is 0 Å². The Morgan fingerprint density at radius 1 is 1.43 bits per heavy atom. The Hall–Kier alpha value is 0.0569. The first-order valence-electron chi connectivity index (χ1n) is 5.10. The molecule has 0 amide bonds. The Bertz CT molecular complexity index is 148. The van der Waals surface area contributed by atoms with Crippen molar-refractivity contribution in [2.45, 2.75) is 31.6 Å². The zero-order chi connectivity index (χ0) is 10.4. The SMILES string of the molecule is CCCC(OCC1CO1)[SiH](OC)OC. The number of rotatable bonds is 8. The van der Waals surface area contributed by atoms with E-state index in [0.29, 0.717) is 12.7 Å². The van der Waals surface area contributed by atoms with Crippen molar-refractivity contribution >= 4 is 9.28 Å². The highest BCUT2D eigenvalue weighted by molar-refractivity contribution is 6.45. The van der Waals surface area contributed by atoms with Crippen molar-refractivity contribution in [3.63, 3.8) is 0 Å². The lowest BCUT2D eigenvalue weighted by molar-refractivity contribution is 0.0546. The number of hydrogen-bond acceptors (Lipinski definition) is 4. The minimum Gasteiger partial charge on any atom is -0.398 e. The van der Waals surface area contributed by atoms with Crippen molar-refractivity contribution in [2.24, 2.45) is 0 Å². The maximum absolute atomic E-state index is 5.74. The summed E-state index contributed by atoms with van der Waals surface area (Å²) in [5.41, 5.74) is 0.152. The molecule has 0 aromatic rings. The Balaban J connectivity index is 2.26. The van der Waals surface area contributed by atoms with Gasteiger partial charge in [0.05, 0.1) is 18.9 Å². The van der Waals surface area contributed by atoms with Gasteiger partial charge in [0.25, 0.3) is 0 Å². The molecule has 0 N–H and O–H groups in total. The summed E-state index contributed by atoms with van der Waals surface area (Å²) in [4.78, 5) is 0. The topological polar surface area (TPSA) is 40.2 Å². The number of epoxide rings is 1. The molecule has 0 aromatic heterocycles. The van der Waals surface area contributed by atoms with Crippen LogP contribution in [-0.2, 0) is 18.3 Å². The Labute approximate surface area is 87.3 Å². The molecule has 0 radical (unpaired) electrons. The summed E-state index contributed by atoms with van der Waals surface area (Å²) in [5, 5.41) is 0. The van der Waals surface area contributed by atoms with Crippen LogP contribution in [0.25, 0.3) is 0 Å². The first-order chi connectivity index (χ1) is 6.81. The summed E-state index contributed by atoms with van der Waals surface area (Å²) in [6.07, 6.45) is 2.41. The van der Waals surface area contributed by atoms with Gasteiger partial charge in [-0.25, -0.2) is 0 Å². The second-order valence-corrected chi connectivity index (χ2v) is 5.88. The molecular formula is C9H20O4Si. The van der Waals surface area contributed by atoms with Gasteiger partial charge in [-0.05, 0) is 6.42 Å². The van der Waals surface area contributed by atoms with Crippen molar-refractivity contribution in [2.75, 3.05) is 27.4 Å². The second kappa shape index (κ2) is 6.52. The molecule has 0 spiro atoms. The number of hydrogen-bond donors (Lipinski definition) is 0. The molecule has 2 unspecified atom stereocenters. The molecule has 84 valence electrons. The van der Waals surface area contributed by atoms with Crippen LogP contribution in [0.2, 0.25) is 0 Å². The molecule has 1 aliphatic rings. The van der Waals surface area contributed by atoms with Crippen molar-refractivity contribution in [3.8, 4) is 0 Å². The molecule has 14 heavy (non-hydrogen) atoms. The lowest BCUT2D eigenvalue weighted by atomic mass is 10.3. The van der Waals surface area contributed by atoms with Gasteiger partial charge in [0.1, 0.15) is 6.10 Å². The molecule has 5 heteroatoms. The van der Waals surface area contributed by atoms with Gasteiger partial charge in [-0.3, -0.25) is 0 Å². The molecule has 1 aliphatic heterocycles. The standard InChI is InChI=1S/C9H20O4Si/c1-4-5-9(14(10-2)11-3)13-7-8-6-12-8/h8-9,14H,4-7H2,1-3H3. The van der Waals surface area contributed by atoms with Crippen molar-refractivity contribution in [1.82, 2.24) is 0 Å². The van der Waals surface area contributed by atoms with Crippen LogP contribution in [0.3, 0.4) is 0 Å². The minimum absolute atomic E-state index is 0.152. The van der Waals surface area contributed by atoms with E-state index in [1.54, 1.807) is 14.2 Å². The molecular weight excluding hydrogens is 200 g/mol. The zero-order valence-corrected chi connectivity index (χ0v) is 10.3. The summed E-state index contributed by atoms with van der Waals surface area (Å²) in [6, 6.07) is 0. The van der Waals surface area contributed by atoms with Gasteiger partial charge < -0.3 is 18.3 Å². The van der Waals surface area contributed by atoms with Crippen molar-refractivity contribution < 1.29 is 18.3 Å². The van der Waals surface area contributed by atoms with E-state index in [-0.39, 0.29) is 5.73 Å². The average molecular weight is 220 g/mol. The lowest BCUT2D eigenvalue weighted by Gasteiger charge is -2.22. The van der Waals surface area contributed by atoms with Gasteiger partial charge >= 0.3 is 9.28 Å². The summed E-state index contributed by atoms with van der Waals surface area (Å²) >= 11 is 0. The second-order valence-electron chi connectivity index (χ2n) is 3.46. The smallest absolute Gasteiger partial charge is 0.350 e. The van der Waals surface area contributed by atoms with Crippen LogP contribution in [-0.4, -0.2) is 48.5 Å². The van der Waals surface area contributed by atoms with Gasteiger partial charge in [-0.1, -0.05) is 13.3 Å². The van der Waals surface area contributed by atoms with Gasteiger partial charge in [0.15, 0.2) is 0 Å². The molecule has 1 saturated heterocycles. The predicted octanol–water partition coefficient (Wildman–Crippen LogP) is 0.623. The third-order valence-corrected chi connectivity index (χ3v) is 4.30. The molecule has 2 atom stereocenters. The summed E-state index contributed by atoms with van der Waals surface area (Å²) < 4.78 is 21.5. The fraction of sp³-hybridized carbons (Fsp3) is 1.00. The molecule has 0 bridgehead atoms. The molecule has 1 heterocycles. The van der Waals surface area contributed by atoms with E-state index in [2.05, 4.69) is 6.92 Å². The van der Waals surface area contributed by atoms with Gasteiger partial charge in [0.2, 0.25) is 0 Å². The first kappa shape index (κ1) is 12.1. The lowest BCUT2D eigenvalue weighted by Crippen LogP contribution is -2.38. The maximum atomic E-state index is 5.74. The average Bonchev–Trinajstić information content (AvgIpc) is 2.99. The van der Waals surface area contributed by atoms with E-state index in [4.69, 9.17) is 18.3 Å². The predicted molar refractivity (Wildman–Crippen MR) is 55.6 cm³/mol. The Morgan fingerprint density at radius 3 is 2.50 bits per heavy atom. The van der Waals surface area contributed by atoms with Crippen LogP contribution in [0.1, 0.15) is 19.8 Å². The van der Waals surface area contributed by atoms with Crippen LogP contribution in [0, 0.1) is 0 Å². The van der Waals surface area contributed by atoms with Crippen molar-refractivity contribution in [3.05, 3.63) is 0 Å². The van der Waals surface area contributed by atoms with E-state index >= 15 is 0 Å². The monoisotopic (exact) mass is 220 g/mol. The first-order valence-corrected chi connectivity index (χ1v) is 6.71. The molecule has 0 aromatic carbocycles. The largest absolute Gasteiger partial charge is 0.398 e. The highest BCUT2D eigenvalue weighted by Crippen LogP contribution is 2.14. The summed E-state index contributed by atoms with van der Waals surface area (Å²) in [6.45, 7) is 3.66. The fourth-order valence-electron chi connectivity index (χ4n) is 1.38. The van der Waals surface area contributed by atoms with E-state index < -0.39 is 9.28 Å². The maximum Gasteiger partial charge on any atom is 0.350 e. The third-order valence-electron chi connectivity index (χ3n) is 2.24. The highest BCUT2D eigenvalue weighted by atomic mass is 28.3. The third kappa shape index (κ3) is 4.06. The molecule has 1 rings (SSSR count). The van der Waals surface area contributed by atoms with Gasteiger partial charge in [-0.2, -0.15) is 0 Å². The Kier molecular flexibility index (Phi) is 5.65. The molecule has 0 aliphatic carbocycles. The van der Waals surface area contributed by atoms with E-state index in [0.717, 1.165) is 19.4 Å². The van der Waals surface area contributed by atoms with Crippen LogP contribution in [0.5, 0.6) is 0 Å². The van der Waals surface area contributed by atoms with Crippen LogP contribution >= 0.6 is 0 Å². The summed E-state index contributed by atoms with van der Waals surface area (Å²) in [5.74, 6) is 0. The van der Waals surface area contributed by atoms with Crippen LogP contribution < -0.4 is 0 Å².